The van der Waals surface area contributed by atoms with Gasteiger partial charge in [0.15, 0.2) is 0 Å². The van der Waals surface area contributed by atoms with E-state index in [0.717, 1.165) is 24.1 Å². The van der Waals surface area contributed by atoms with Crippen LogP contribution < -0.4 is 5.32 Å². The third kappa shape index (κ3) is 3.77. The molecule has 2 amide bonds. The molecule has 134 valence electrons. The first-order valence-corrected chi connectivity index (χ1v) is 8.56. The number of aryl methyl sites for hydroxylation is 2. The molecule has 1 atom stereocenters. The van der Waals surface area contributed by atoms with Crippen LogP contribution in [0.5, 0.6) is 0 Å². The second-order valence-electron chi connectivity index (χ2n) is 6.63. The quantitative estimate of drug-likeness (QED) is 0.832. The smallest absolute Gasteiger partial charge is 0.272 e. The Morgan fingerprint density at radius 1 is 1.42 bits per heavy atom. The molecule has 0 saturated carbocycles. The molecule has 1 aliphatic heterocycles. The van der Waals surface area contributed by atoms with Crippen LogP contribution in [0, 0.1) is 6.92 Å². The number of rotatable bonds is 5. The number of carbonyl (C=O) groups excluding carboxylic acids is 2. The summed E-state index contributed by atoms with van der Waals surface area (Å²) in [5.74, 6) is -0.192. The highest BCUT2D eigenvalue weighted by molar-refractivity contribution is 5.94. The van der Waals surface area contributed by atoms with Gasteiger partial charge in [0.2, 0.25) is 5.91 Å². The summed E-state index contributed by atoms with van der Waals surface area (Å²) in [5.41, 5.74) is 1.42. The molecule has 24 heavy (non-hydrogen) atoms. The molecule has 2 rings (SSSR count). The van der Waals surface area contributed by atoms with E-state index in [4.69, 9.17) is 0 Å². The maximum Gasteiger partial charge on any atom is 0.272 e. The Kier molecular flexibility index (Phi) is 5.64. The largest absolute Gasteiger partial charge is 0.388 e. The lowest BCUT2D eigenvalue weighted by Crippen LogP contribution is -2.51. The van der Waals surface area contributed by atoms with Gasteiger partial charge in [-0.3, -0.25) is 14.3 Å². The second-order valence-corrected chi connectivity index (χ2v) is 6.63. The maximum absolute atomic E-state index is 12.9. The average molecular weight is 336 g/mol. The minimum Gasteiger partial charge on any atom is -0.388 e. The molecule has 1 unspecified atom stereocenters. The summed E-state index contributed by atoms with van der Waals surface area (Å²) < 4.78 is 1.63. The number of aromatic nitrogens is 2. The van der Waals surface area contributed by atoms with Gasteiger partial charge in [0.25, 0.3) is 5.91 Å². The van der Waals surface area contributed by atoms with Gasteiger partial charge in [-0.15, -0.1) is 0 Å². The zero-order valence-electron chi connectivity index (χ0n) is 15.1. The molecule has 2 N–H and O–H groups in total. The minimum absolute atomic E-state index is 0.0954. The van der Waals surface area contributed by atoms with Crippen molar-refractivity contribution in [2.75, 3.05) is 20.1 Å². The van der Waals surface area contributed by atoms with E-state index in [1.54, 1.807) is 23.7 Å². The number of amides is 2. The number of hydrogen-bond donors (Lipinski definition) is 2. The molecule has 0 spiro atoms. The molecule has 1 fully saturated rings. The highest BCUT2D eigenvalue weighted by atomic mass is 16.3. The Labute approximate surface area is 143 Å². The third-order valence-electron chi connectivity index (χ3n) is 4.86. The van der Waals surface area contributed by atoms with Crippen LogP contribution in [-0.2, 0) is 18.3 Å². The highest BCUT2D eigenvalue weighted by Gasteiger charge is 2.36. The number of nitrogens with one attached hydrogen (secondary N) is 1. The summed E-state index contributed by atoms with van der Waals surface area (Å²) in [6, 6.07) is 0. The first kappa shape index (κ1) is 18.4. The molecule has 1 aliphatic rings. The van der Waals surface area contributed by atoms with E-state index in [1.807, 2.05) is 13.8 Å². The lowest BCUT2D eigenvalue weighted by molar-refractivity contribution is -0.122. The normalized spacial score (nSPS) is 21.0. The SMILES string of the molecule is CCc1nn(C)c(C(=O)N2CCCC(O)(CCC(=O)NC)C2)c1C. The Hall–Kier alpha value is -1.89. The van der Waals surface area contributed by atoms with Crippen molar-refractivity contribution in [2.24, 2.45) is 7.05 Å². The van der Waals surface area contributed by atoms with Crippen molar-refractivity contribution >= 4 is 11.8 Å². The maximum atomic E-state index is 12.9. The van der Waals surface area contributed by atoms with Crippen molar-refractivity contribution < 1.29 is 14.7 Å². The van der Waals surface area contributed by atoms with E-state index in [2.05, 4.69) is 10.4 Å². The topological polar surface area (TPSA) is 87.5 Å². The fraction of sp³-hybridized carbons (Fsp3) is 0.706. The van der Waals surface area contributed by atoms with Gasteiger partial charge in [-0.1, -0.05) is 6.92 Å². The van der Waals surface area contributed by atoms with Crippen LogP contribution in [0.1, 0.15) is 54.4 Å². The fourth-order valence-electron chi connectivity index (χ4n) is 3.43. The van der Waals surface area contributed by atoms with Gasteiger partial charge in [-0.05, 0) is 32.6 Å². The molecule has 0 aliphatic carbocycles. The number of hydrogen-bond acceptors (Lipinski definition) is 4. The van der Waals surface area contributed by atoms with E-state index >= 15 is 0 Å². The summed E-state index contributed by atoms with van der Waals surface area (Å²) in [6.07, 6.45) is 2.75. The third-order valence-corrected chi connectivity index (χ3v) is 4.86. The Morgan fingerprint density at radius 3 is 2.71 bits per heavy atom. The summed E-state index contributed by atoms with van der Waals surface area (Å²) in [7, 11) is 3.36. The van der Waals surface area contributed by atoms with Gasteiger partial charge in [-0.25, -0.2) is 0 Å². The first-order chi connectivity index (χ1) is 11.3. The van der Waals surface area contributed by atoms with Crippen LogP contribution in [0.4, 0.5) is 0 Å². The van der Waals surface area contributed by atoms with Gasteiger partial charge in [0.05, 0.1) is 11.3 Å². The van der Waals surface area contributed by atoms with E-state index in [-0.39, 0.29) is 24.8 Å². The molecule has 7 nitrogen and oxygen atoms in total. The van der Waals surface area contributed by atoms with Crippen molar-refractivity contribution in [3.8, 4) is 0 Å². The van der Waals surface area contributed by atoms with Gasteiger partial charge < -0.3 is 15.3 Å². The lowest BCUT2D eigenvalue weighted by atomic mass is 9.88. The van der Waals surface area contributed by atoms with Gasteiger partial charge >= 0.3 is 0 Å². The van der Waals surface area contributed by atoms with Crippen LogP contribution in [0.3, 0.4) is 0 Å². The van der Waals surface area contributed by atoms with Crippen molar-refractivity contribution in [3.05, 3.63) is 17.0 Å². The van der Waals surface area contributed by atoms with Crippen LogP contribution in [0.15, 0.2) is 0 Å². The zero-order valence-corrected chi connectivity index (χ0v) is 15.1. The molecule has 1 saturated heterocycles. The Bertz CT molecular complexity index is 626. The van der Waals surface area contributed by atoms with Gasteiger partial charge in [0.1, 0.15) is 5.69 Å². The molecular formula is C17H28N4O3. The molecule has 1 aromatic heterocycles. The predicted octanol–water partition coefficient (Wildman–Crippen LogP) is 0.784. The highest BCUT2D eigenvalue weighted by Crippen LogP contribution is 2.27. The second kappa shape index (κ2) is 7.34. The standard InChI is InChI=1S/C17H28N4O3/c1-5-13-12(2)15(20(4)19-13)16(23)21-10-6-8-17(24,11-21)9-7-14(22)18-3/h24H,5-11H2,1-4H3,(H,18,22). The number of nitrogens with zero attached hydrogens (tertiary/aromatic N) is 3. The summed E-state index contributed by atoms with van der Waals surface area (Å²) in [4.78, 5) is 26.1. The van der Waals surface area contributed by atoms with Crippen LogP contribution in [-0.4, -0.2) is 57.3 Å². The predicted molar refractivity (Wildman–Crippen MR) is 90.7 cm³/mol. The molecule has 2 heterocycles. The number of piperidine rings is 1. The van der Waals surface area contributed by atoms with Gasteiger partial charge in [-0.2, -0.15) is 5.10 Å². The zero-order chi connectivity index (χ0) is 17.9. The van der Waals surface area contributed by atoms with Crippen LogP contribution >= 0.6 is 0 Å². The summed E-state index contributed by atoms with van der Waals surface area (Å²) >= 11 is 0. The fourth-order valence-corrected chi connectivity index (χ4v) is 3.43. The summed E-state index contributed by atoms with van der Waals surface area (Å²) in [6.45, 7) is 4.81. The molecule has 7 heteroatoms. The monoisotopic (exact) mass is 336 g/mol. The average Bonchev–Trinajstić information content (AvgIpc) is 2.86. The van der Waals surface area contributed by atoms with E-state index in [0.29, 0.717) is 25.1 Å². The number of aliphatic hydroxyl groups is 1. The minimum atomic E-state index is -1.000. The van der Waals surface area contributed by atoms with Gasteiger partial charge in [0, 0.05) is 39.2 Å². The number of likely N-dealkylation sites (tertiary alicyclic amines) is 1. The lowest BCUT2D eigenvalue weighted by Gasteiger charge is -2.39. The molecule has 0 radical (unpaired) electrons. The van der Waals surface area contributed by atoms with E-state index in [9.17, 15) is 14.7 Å². The number of β-amino-alcohol motifs (C(OH)–C–C–N with tert-alkyl or cyclic N) is 1. The van der Waals surface area contributed by atoms with Crippen molar-refractivity contribution in [3.63, 3.8) is 0 Å². The van der Waals surface area contributed by atoms with Crippen molar-refractivity contribution in [2.45, 2.75) is 51.6 Å². The molecular weight excluding hydrogens is 308 g/mol. The molecule has 0 aromatic carbocycles. The van der Waals surface area contributed by atoms with Crippen molar-refractivity contribution in [1.29, 1.82) is 0 Å². The molecule has 0 bridgehead atoms. The summed E-state index contributed by atoms with van der Waals surface area (Å²) in [5, 5.41) is 17.7. The van der Waals surface area contributed by atoms with E-state index in [1.165, 1.54) is 0 Å². The van der Waals surface area contributed by atoms with Crippen molar-refractivity contribution in [1.82, 2.24) is 20.0 Å². The Balaban J connectivity index is 2.13. The van der Waals surface area contributed by atoms with E-state index < -0.39 is 5.60 Å². The molecule has 1 aromatic rings. The first-order valence-electron chi connectivity index (χ1n) is 8.56. The Morgan fingerprint density at radius 2 is 2.12 bits per heavy atom. The van der Waals surface area contributed by atoms with Crippen LogP contribution in [0.2, 0.25) is 0 Å². The number of carbonyl (C=O) groups is 2. The van der Waals surface area contributed by atoms with Crippen LogP contribution in [0.25, 0.3) is 0 Å².